The van der Waals surface area contributed by atoms with Crippen molar-refractivity contribution >= 4 is 5.91 Å². The summed E-state index contributed by atoms with van der Waals surface area (Å²) in [6.07, 6.45) is 2.37. The Kier molecular flexibility index (Phi) is 5.85. The van der Waals surface area contributed by atoms with Crippen LogP contribution in [0.3, 0.4) is 0 Å². The lowest BCUT2D eigenvalue weighted by Crippen LogP contribution is -2.33. The molecule has 1 fully saturated rings. The zero-order chi connectivity index (χ0) is 15.9. The molecule has 1 heterocycles. The maximum atomic E-state index is 12.3. The molecule has 1 N–H and O–H groups in total. The summed E-state index contributed by atoms with van der Waals surface area (Å²) in [5, 5.41) is 0. The highest BCUT2D eigenvalue weighted by molar-refractivity contribution is 5.97. The van der Waals surface area contributed by atoms with Gasteiger partial charge in [-0.2, -0.15) is 0 Å². The van der Waals surface area contributed by atoms with Gasteiger partial charge in [-0.3, -0.25) is 4.79 Å². The van der Waals surface area contributed by atoms with Crippen molar-refractivity contribution in [2.75, 3.05) is 27.9 Å². The molecule has 1 aromatic rings. The fourth-order valence-electron chi connectivity index (χ4n) is 2.26. The second-order valence-corrected chi connectivity index (χ2v) is 4.73. The minimum absolute atomic E-state index is 0.285. The minimum atomic E-state index is -0.438. The molecule has 1 atom stereocenters. The third kappa shape index (κ3) is 3.61. The highest BCUT2D eigenvalue weighted by Gasteiger charge is 2.22. The summed E-state index contributed by atoms with van der Waals surface area (Å²) >= 11 is 0. The van der Waals surface area contributed by atoms with Crippen molar-refractivity contribution in [2.24, 2.45) is 0 Å². The smallest absolute Gasteiger partial charge is 0.278 e. The molecule has 7 heteroatoms. The highest BCUT2D eigenvalue weighted by atomic mass is 16.8. The molecule has 7 nitrogen and oxygen atoms in total. The quantitative estimate of drug-likeness (QED) is 0.809. The Hall–Kier alpha value is -1.99. The van der Waals surface area contributed by atoms with Gasteiger partial charge in [-0.1, -0.05) is 0 Å². The number of hydrogen-bond acceptors (Lipinski definition) is 6. The number of nitrogens with one attached hydrogen (secondary N) is 1. The summed E-state index contributed by atoms with van der Waals surface area (Å²) in [4.78, 5) is 17.5. The molecule has 0 aliphatic carbocycles. The van der Waals surface area contributed by atoms with Crippen LogP contribution in [0.15, 0.2) is 12.1 Å². The molecule has 1 amide bonds. The van der Waals surface area contributed by atoms with E-state index in [0.717, 1.165) is 19.3 Å². The molecule has 0 saturated carbocycles. The molecule has 0 unspecified atom stereocenters. The predicted molar refractivity (Wildman–Crippen MR) is 78.2 cm³/mol. The largest absolute Gasteiger partial charge is 0.493 e. The van der Waals surface area contributed by atoms with Crippen molar-refractivity contribution in [2.45, 2.75) is 25.6 Å². The van der Waals surface area contributed by atoms with E-state index in [0.29, 0.717) is 18.1 Å². The average molecular weight is 311 g/mol. The normalized spacial score (nSPS) is 17.7. The summed E-state index contributed by atoms with van der Waals surface area (Å²) in [5.74, 6) is 0.679. The zero-order valence-electron chi connectivity index (χ0n) is 13.0. The Labute approximate surface area is 129 Å². The van der Waals surface area contributed by atoms with Crippen molar-refractivity contribution in [1.82, 2.24) is 5.48 Å². The number of hydroxylamine groups is 1. The Morgan fingerprint density at radius 2 is 1.91 bits per heavy atom. The lowest BCUT2D eigenvalue weighted by molar-refractivity contribution is -0.186. The summed E-state index contributed by atoms with van der Waals surface area (Å²) in [7, 11) is 4.45. The van der Waals surface area contributed by atoms with Gasteiger partial charge in [0, 0.05) is 13.0 Å². The van der Waals surface area contributed by atoms with Crippen LogP contribution in [-0.2, 0) is 9.57 Å². The second-order valence-electron chi connectivity index (χ2n) is 4.73. The maximum absolute atomic E-state index is 12.3. The van der Waals surface area contributed by atoms with Gasteiger partial charge >= 0.3 is 0 Å². The van der Waals surface area contributed by atoms with Gasteiger partial charge in [0.15, 0.2) is 17.8 Å². The first kappa shape index (κ1) is 16.4. The number of carbonyl (C=O) groups excluding carboxylic acids is 1. The number of benzene rings is 1. The number of methoxy groups -OCH3 is 3. The van der Waals surface area contributed by atoms with E-state index >= 15 is 0 Å². The molecular weight excluding hydrogens is 290 g/mol. The van der Waals surface area contributed by atoms with Gasteiger partial charge in [0.1, 0.15) is 0 Å². The molecule has 1 saturated heterocycles. The van der Waals surface area contributed by atoms with Crippen LogP contribution < -0.4 is 19.7 Å². The van der Waals surface area contributed by atoms with Crippen molar-refractivity contribution in [1.29, 1.82) is 0 Å². The molecule has 1 aliphatic heterocycles. The second kappa shape index (κ2) is 7.86. The van der Waals surface area contributed by atoms with Gasteiger partial charge in [-0.25, -0.2) is 10.3 Å². The molecular formula is C15H21NO6. The van der Waals surface area contributed by atoms with Crippen molar-refractivity contribution < 1.29 is 28.6 Å². The van der Waals surface area contributed by atoms with E-state index in [1.807, 2.05) is 0 Å². The lowest BCUT2D eigenvalue weighted by atomic mass is 10.1. The molecule has 0 radical (unpaired) electrons. The van der Waals surface area contributed by atoms with Gasteiger partial charge in [-0.05, 0) is 25.0 Å². The number of ether oxygens (including phenoxy) is 4. The van der Waals surface area contributed by atoms with Gasteiger partial charge in [0.05, 0.1) is 26.9 Å². The summed E-state index contributed by atoms with van der Waals surface area (Å²) in [6.45, 7) is 0.639. The average Bonchev–Trinajstić information content (AvgIpc) is 2.58. The van der Waals surface area contributed by atoms with Gasteiger partial charge in [0.25, 0.3) is 5.91 Å². The summed E-state index contributed by atoms with van der Waals surface area (Å²) in [5.41, 5.74) is 2.68. The van der Waals surface area contributed by atoms with Crippen LogP contribution in [-0.4, -0.2) is 40.1 Å². The SMILES string of the molecule is COc1ccc(C(=O)NO[C@@H]2CCCCO2)c(OC)c1OC. The van der Waals surface area contributed by atoms with E-state index in [4.69, 9.17) is 23.8 Å². The number of amides is 1. The van der Waals surface area contributed by atoms with Gasteiger partial charge in [-0.15, -0.1) is 0 Å². The molecule has 0 aromatic heterocycles. The topological polar surface area (TPSA) is 75.3 Å². The third-order valence-electron chi connectivity index (χ3n) is 3.37. The Balaban J connectivity index is 2.11. The highest BCUT2D eigenvalue weighted by Crippen LogP contribution is 2.39. The molecule has 22 heavy (non-hydrogen) atoms. The van der Waals surface area contributed by atoms with Crippen LogP contribution >= 0.6 is 0 Å². The first-order valence-corrected chi connectivity index (χ1v) is 7.07. The van der Waals surface area contributed by atoms with Crippen LogP contribution in [0.2, 0.25) is 0 Å². The van der Waals surface area contributed by atoms with Gasteiger partial charge < -0.3 is 18.9 Å². The summed E-state index contributed by atoms with van der Waals surface area (Å²) < 4.78 is 21.1. The number of carbonyl (C=O) groups is 1. The Bertz CT molecular complexity index is 513. The van der Waals surface area contributed by atoms with Crippen LogP contribution in [0, 0.1) is 0 Å². The van der Waals surface area contributed by atoms with E-state index < -0.39 is 12.2 Å². The van der Waals surface area contributed by atoms with Crippen LogP contribution in [0.1, 0.15) is 29.6 Å². The van der Waals surface area contributed by atoms with Crippen LogP contribution in [0.25, 0.3) is 0 Å². The molecule has 1 aliphatic rings. The fraction of sp³-hybridized carbons (Fsp3) is 0.533. The number of hydrogen-bond donors (Lipinski definition) is 1. The Morgan fingerprint density at radius 3 is 2.50 bits per heavy atom. The zero-order valence-corrected chi connectivity index (χ0v) is 13.0. The van der Waals surface area contributed by atoms with Crippen LogP contribution in [0.5, 0.6) is 17.2 Å². The molecule has 2 rings (SSSR count). The third-order valence-corrected chi connectivity index (χ3v) is 3.37. The standard InChI is InChI=1S/C15H21NO6/c1-18-11-8-7-10(13(19-2)14(11)20-3)15(17)16-22-12-6-4-5-9-21-12/h7-8,12H,4-6,9H2,1-3H3,(H,16,17)/t12-/m1/s1. The monoisotopic (exact) mass is 311 g/mol. The van der Waals surface area contributed by atoms with E-state index in [2.05, 4.69) is 5.48 Å². The van der Waals surface area contributed by atoms with E-state index in [1.165, 1.54) is 21.3 Å². The molecule has 0 spiro atoms. The Morgan fingerprint density at radius 1 is 1.14 bits per heavy atom. The predicted octanol–water partition coefficient (Wildman–Crippen LogP) is 1.90. The lowest BCUT2D eigenvalue weighted by Gasteiger charge is -2.22. The van der Waals surface area contributed by atoms with E-state index in [-0.39, 0.29) is 11.3 Å². The minimum Gasteiger partial charge on any atom is -0.493 e. The van der Waals surface area contributed by atoms with E-state index in [9.17, 15) is 4.79 Å². The molecule has 1 aromatic carbocycles. The molecule has 0 bridgehead atoms. The number of rotatable bonds is 6. The maximum Gasteiger partial charge on any atom is 0.278 e. The van der Waals surface area contributed by atoms with E-state index in [1.54, 1.807) is 12.1 Å². The van der Waals surface area contributed by atoms with Crippen molar-refractivity contribution in [3.8, 4) is 17.2 Å². The van der Waals surface area contributed by atoms with Crippen molar-refractivity contribution in [3.63, 3.8) is 0 Å². The van der Waals surface area contributed by atoms with Gasteiger partial charge in [0.2, 0.25) is 5.75 Å². The first-order chi connectivity index (χ1) is 10.7. The van der Waals surface area contributed by atoms with Crippen LogP contribution in [0.4, 0.5) is 0 Å². The first-order valence-electron chi connectivity index (χ1n) is 7.07. The molecule has 122 valence electrons. The summed E-state index contributed by atoms with van der Waals surface area (Å²) in [6, 6.07) is 3.22. The fourth-order valence-corrected chi connectivity index (χ4v) is 2.26. The van der Waals surface area contributed by atoms with Crippen molar-refractivity contribution in [3.05, 3.63) is 17.7 Å².